The van der Waals surface area contributed by atoms with Gasteiger partial charge in [0.2, 0.25) is 5.91 Å². The van der Waals surface area contributed by atoms with Crippen LogP contribution in [-0.4, -0.2) is 42.3 Å². The van der Waals surface area contributed by atoms with Gasteiger partial charge in [-0.05, 0) is 12.1 Å². The van der Waals surface area contributed by atoms with Crippen molar-refractivity contribution in [2.45, 2.75) is 18.8 Å². The molecule has 0 aromatic heterocycles. The van der Waals surface area contributed by atoms with E-state index in [1.807, 2.05) is 0 Å². The summed E-state index contributed by atoms with van der Waals surface area (Å²) in [4.78, 5) is 24.9. The van der Waals surface area contributed by atoms with Crippen LogP contribution in [0, 0.1) is 0 Å². The van der Waals surface area contributed by atoms with Gasteiger partial charge in [-0.25, -0.2) is 8.78 Å². The Kier molecular flexibility index (Phi) is 4.32. The molecule has 2 rings (SSSR count). The summed E-state index contributed by atoms with van der Waals surface area (Å²) in [6, 6.07) is 8.52. The topological polar surface area (TPSA) is 49.4 Å². The Labute approximate surface area is 115 Å². The number of hydrogen-bond donors (Lipinski definition) is 1. The molecule has 0 unspecified atom stereocenters. The molecular weight excluding hydrogens is 266 g/mol. The molecule has 0 spiro atoms. The first-order valence-electron chi connectivity index (χ1n) is 6.47. The Morgan fingerprint density at radius 1 is 1.15 bits per heavy atom. The lowest BCUT2D eigenvalue weighted by atomic mass is 10.1. The van der Waals surface area contributed by atoms with Crippen molar-refractivity contribution in [3.05, 3.63) is 35.9 Å². The maximum absolute atomic E-state index is 13.0. The van der Waals surface area contributed by atoms with Gasteiger partial charge >= 0.3 is 0 Å². The molecule has 4 nitrogen and oxygen atoms in total. The van der Waals surface area contributed by atoms with Crippen LogP contribution in [0.3, 0.4) is 0 Å². The number of halogens is 2. The minimum absolute atomic E-state index is 0.0348. The first kappa shape index (κ1) is 14.4. The Morgan fingerprint density at radius 2 is 1.75 bits per heavy atom. The van der Waals surface area contributed by atoms with Crippen molar-refractivity contribution < 1.29 is 18.4 Å². The standard InChI is InChI=1S/C14H16F2N2O2/c15-14(16)6-8-18(9-7-14)12(19)10-17-13(20)11-4-2-1-3-5-11/h1-5H,6-10H2,(H,17,20). The summed E-state index contributed by atoms with van der Waals surface area (Å²) in [7, 11) is 0. The van der Waals surface area contributed by atoms with Gasteiger partial charge in [-0.2, -0.15) is 0 Å². The second kappa shape index (κ2) is 5.98. The SMILES string of the molecule is O=C(NCC(=O)N1CCC(F)(F)CC1)c1ccccc1. The lowest BCUT2D eigenvalue weighted by Gasteiger charge is -2.31. The largest absolute Gasteiger partial charge is 0.343 e. The molecule has 2 amide bonds. The highest BCUT2D eigenvalue weighted by molar-refractivity contribution is 5.96. The molecule has 1 aliphatic heterocycles. The quantitative estimate of drug-likeness (QED) is 0.917. The molecule has 1 N–H and O–H groups in total. The number of nitrogens with zero attached hydrogens (tertiary/aromatic N) is 1. The number of amides is 2. The highest BCUT2D eigenvalue weighted by Gasteiger charge is 2.35. The molecule has 0 aliphatic carbocycles. The lowest BCUT2D eigenvalue weighted by molar-refractivity contribution is -0.136. The van der Waals surface area contributed by atoms with Crippen molar-refractivity contribution in [2.75, 3.05) is 19.6 Å². The van der Waals surface area contributed by atoms with Crippen LogP contribution in [0.4, 0.5) is 8.78 Å². The maximum atomic E-state index is 13.0. The Bertz CT molecular complexity index is 481. The van der Waals surface area contributed by atoms with Crippen molar-refractivity contribution in [1.29, 1.82) is 0 Å². The normalized spacial score (nSPS) is 17.6. The van der Waals surface area contributed by atoms with Crippen molar-refractivity contribution in [2.24, 2.45) is 0 Å². The summed E-state index contributed by atoms with van der Waals surface area (Å²) in [5, 5.41) is 2.50. The van der Waals surface area contributed by atoms with Gasteiger partial charge in [0, 0.05) is 31.5 Å². The molecule has 0 radical (unpaired) electrons. The number of likely N-dealkylation sites (tertiary alicyclic amines) is 1. The minimum Gasteiger partial charge on any atom is -0.343 e. The van der Waals surface area contributed by atoms with E-state index in [1.165, 1.54) is 4.90 Å². The van der Waals surface area contributed by atoms with E-state index >= 15 is 0 Å². The number of hydrogen-bond acceptors (Lipinski definition) is 2. The molecule has 108 valence electrons. The summed E-state index contributed by atoms with van der Waals surface area (Å²) >= 11 is 0. The number of nitrogens with one attached hydrogen (secondary N) is 1. The molecule has 1 aromatic carbocycles. The van der Waals surface area contributed by atoms with E-state index in [0.29, 0.717) is 5.56 Å². The third-order valence-electron chi connectivity index (χ3n) is 3.28. The van der Waals surface area contributed by atoms with E-state index in [9.17, 15) is 18.4 Å². The van der Waals surface area contributed by atoms with Crippen LogP contribution < -0.4 is 5.32 Å². The first-order chi connectivity index (χ1) is 9.48. The predicted molar refractivity (Wildman–Crippen MR) is 69.5 cm³/mol. The van der Waals surface area contributed by atoms with Crippen LogP contribution >= 0.6 is 0 Å². The Balaban J connectivity index is 1.80. The number of rotatable bonds is 3. The van der Waals surface area contributed by atoms with Crippen LogP contribution in [0.1, 0.15) is 23.2 Å². The summed E-state index contributed by atoms with van der Waals surface area (Å²) < 4.78 is 25.9. The van der Waals surface area contributed by atoms with Gasteiger partial charge in [-0.15, -0.1) is 0 Å². The number of piperidine rings is 1. The zero-order chi connectivity index (χ0) is 14.6. The highest BCUT2D eigenvalue weighted by Crippen LogP contribution is 2.27. The second-order valence-corrected chi connectivity index (χ2v) is 4.79. The number of carbonyl (C=O) groups excluding carboxylic acids is 2. The van der Waals surface area contributed by atoms with Gasteiger partial charge in [0.05, 0.1) is 6.54 Å². The fourth-order valence-electron chi connectivity index (χ4n) is 2.04. The maximum Gasteiger partial charge on any atom is 0.251 e. The fraction of sp³-hybridized carbons (Fsp3) is 0.429. The van der Waals surface area contributed by atoms with Crippen LogP contribution in [0.25, 0.3) is 0 Å². The van der Waals surface area contributed by atoms with Gasteiger partial charge < -0.3 is 10.2 Å². The minimum atomic E-state index is -2.68. The van der Waals surface area contributed by atoms with E-state index in [0.717, 1.165) is 0 Å². The van der Waals surface area contributed by atoms with Gasteiger partial charge in [0.25, 0.3) is 11.8 Å². The second-order valence-electron chi connectivity index (χ2n) is 4.79. The zero-order valence-electron chi connectivity index (χ0n) is 10.9. The molecule has 0 saturated carbocycles. The number of carbonyl (C=O) groups is 2. The molecule has 1 aromatic rings. The summed E-state index contributed by atoms with van der Waals surface area (Å²) in [5.41, 5.74) is 0.463. The van der Waals surface area contributed by atoms with E-state index in [1.54, 1.807) is 30.3 Å². The molecule has 0 bridgehead atoms. The van der Waals surface area contributed by atoms with Crippen molar-refractivity contribution in [3.8, 4) is 0 Å². The summed E-state index contributed by atoms with van der Waals surface area (Å²) in [5.74, 6) is -3.35. The molecule has 1 saturated heterocycles. The average Bonchev–Trinajstić information content (AvgIpc) is 2.45. The van der Waals surface area contributed by atoms with Gasteiger partial charge in [-0.1, -0.05) is 18.2 Å². The van der Waals surface area contributed by atoms with Crippen molar-refractivity contribution in [3.63, 3.8) is 0 Å². The zero-order valence-corrected chi connectivity index (χ0v) is 10.9. The molecule has 1 aliphatic rings. The van der Waals surface area contributed by atoms with Crippen LogP contribution in [0.15, 0.2) is 30.3 Å². The predicted octanol–water partition coefficient (Wildman–Crippen LogP) is 1.67. The molecular formula is C14H16F2N2O2. The van der Waals surface area contributed by atoms with Gasteiger partial charge in [0.1, 0.15) is 0 Å². The highest BCUT2D eigenvalue weighted by atomic mass is 19.3. The molecule has 20 heavy (non-hydrogen) atoms. The van der Waals surface area contributed by atoms with Crippen LogP contribution in [-0.2, 0) is 4.79 Å². The monoisotopic (exact) mass is 282 g/mol. The van der Waals surface area contributed by atoms with Crippen molar-refractivity contribution >= 4 is 11.8 Å². The van der Waals surface area contributed by atoms with Crippen LogP contribution in [0.5, 0.6) is 0 Å². The molecule has 1 heterocycles. The van der Waals surface area contributed by atoms with Gasteiger partial charge in [-0.3, -0.25) is 9.59 Å². The lowest BCUT2D eigenvalue weighted by Crippen LogP contribution is -2.46. The third-order valence-corrected chi connectivity index (χ3v) is 3.28. The van der Waals surface area contributed by atoms with E-state index in [-0.39, 0.29) is 44.3 Å². The van der Waals surface area contributed by atoms with E-state index < -0.39 is 5.92 Å². The average molecular weight is 282 g/mol. The first-order valence-corrected chi connectivity index (χ1v) is 6.47. The summed E-state index contributed by atoms with van der Waals surface area (Å²) in [6.07, 6.45) is -0.628. The Morgan fingerprint density at radius 3 is 2.35 bits per heavy atom. The molecule has 1 fully saturated rings. The fourth-order valence-corrected chi connectivity index (χ4v) is 2.04. The number of benzene rings is 1. The van der Waals surface area contributed by atoms with Crippen molar-refractivity contribution in [1.82, 2.24) is 10.2 Å². The molecule has 0 atom stereocenters. The Hall–Kier alpha value is -1.98. The van der Waals surface area contributed by atoms with Gasteiger partial charge in [0.15, 0.2) is 0 Å². The smallest absolute Gasteiger partial charge is 0.251 e. The third kappa shape index (κ3) is 3.76. The summed E-state index contributed by atoms with van der Waals surface area (Å²) in [6.45, 7) is -0.0978. The van der Waals surface area contributed by atoms with Crippen LogP contribution in [0.2, 0.25) is 0 Å². The van der Waals surface area contributed by atoms with E-state index in [4.69, 9.17) is 0 Å². The molecule has 6 heteroatoms. The number of alkyl halides is 2. The van der Waals surface area contributed by atoms with E-state index in [2.05, 4.69) is 5.32 Å².